The lowest BCUT2D eigenvalue weighted by atomic mass is 9.97. The van der Waals surface area contributed by atoms with Gasteiger partial charge in [-0.05, 0) is 24.4 Å². The van der Waals surface area contributed by atoms with Crippen molar-refractivity contribution in [2.24, 2.45) is 5.11 Å². The van der Waals surface area contributed by atoms with Crippen molar-refractivity contribution in [3.63, 3.8) is 0 Å². The molecule has 2 unspecified atom stereocenters. The third kappa shape index (κ3) is 3.58. The van der Waals surface area contributed by atoms with E-state index in [1.807, 2.05) is 0 Å². The Labute approximate surface area is 114 Å². The standard InChI is InChI=1S/C11H15N5O4/c1-6-4-7(10(12)8(5-6)16(19)20)11(18)9(17)2-3-14-15-13/h4-5,9,11,17-18H,2-3,12H2,1H3. The second kappa shape index (κ2) is 6.71. The minimum Gasteiger partial charge on any atom is -0.393 e. The van der Waals surface area contributed by atoms with Gasteiger partial charge >= 0.3 is 0 Å². The fourth-order valence-corrected chi connectivity index (χ4v) is 1.80. The maximum atomic E-state index is 10.9. The molecule has 0 bridgehead atoms. The van der Waals surface area contributed by atoms with Crippen molar-refractivity contribution in [1.82, 2.24) is 0 Å². The van der Waals surface area contributed by atoms with Gasteiger partial charge in [0.1, 0.15) is 11.8 Å². The molecule has 0 saturated heterocycles. The number of anilines is 1. The van der Waals surface area contributed by atoms with Gasteiger partial charge in [-0.1, -0.05) is 11.2 Å². The van der Waals surface area contributed by atoms with E-state index in [0.29, 0.717) is 5.56 Å². The molecule has 1 rings (SSSR count). The summed E-state index contributed by atoms with van der Waals surface area (Å²) in [5.41, 5.74) is 13.9. The topological polar surface area (TPSA) is 158 Å². The zero-order valence-corrected chi connectivity index (χ0v) is 10.8. The first-order valence-corrected chi connectivity index (χ1v) is 5.80. The third-order valence-electron chi connectivity index (χ3n) is 2.80. The quantitative estimate of drug-likeness (QED) is 0.180. The van der Waals surface area contributed by atoms with Gasteiger partial charge in [-0.3, -0.25) is 10.1 Å². The minimum absolute atomic E-state index is 0.00252. The van der Waals surface area contributed by atoms with Gasteiger partial charge in [0.05, 0.1) is 11.0 Å². The maximum Gasteiger partial charge on any atom is 0.292 e. The summed E-state index contributed by atoms with van der Waals surface area (Å²) in [6.07, 6.45) is -2.60. The molecule has 0 aliphatic rings. The molecule has 0 radical (unpaired) electrons. The van der Waals surface area contributed by atoms with E-state index < -0.39 is 17.1 Å². The third-order valence-corrected chi connectivity index (χ3v) is 2.80. The molecule has 9 nitrogen and oxygen atoms in total. The number of aryl methyl sites for hydroxylation is 1. The maximum absolute atomic E-state index is 10.9. The first-order chi connectivity index (χ1) is 9.38. The van der Waals surface area contributed by atoms with E-state index in [2.05, 4.69) is 10.0 Å². The Morgan fingerprint density at radius 2 is 2.20 bits per heavy atom. The van der Waals surface area contributed by atoms with Crippen LogP contribution < -0.4 is 5.73 Å². The van der Waals surface area contributed by atoms with Gasteiger partial charge in [-0.25, -0.2) is 0 Å². The van der Waals surface area contributed by atoms with Crippen molar-refractivity contribution in [2.75, 3.05) is 12.3 Å². The second-order valence-corrected chi connectivity index (χ2v) is 4.30. The Kier molecular flexibility index (Phi) is 5.27. The number of hydrogen-bond acceptors (Lipinski definition) is 6. The summed E-state index contributed by atoms with van der Waals surface area (Å²) in [4.78, 5) is 12.7. The molecule has 0 spiro atoms. The van der Waals surface area contributed by atoms with Crippen LogP contribution in [-0.2, 0) is 0 Å². The Morgan fingerprint density at radius 3 is 2.75 bits per heavy atom. The van der Waals surface area contributed by atoms with Gasteiger partial charge in [0.2, 0.25) is 0 Å². The van der Waals surface area contributed by atoms with Crippen molar-refractivity contribution < 1.29 is 15.1 Å². The Bertz CT molecular complexity index is 556. The largest absolute Gasteiger partial charge is 0.393 e. The monoisotopic (exact) mass is 281 g/mol. The number of aliphatic hydroxyl groups is 2. The summed E-state index contributed by atoms with van der Waals surface area (Å²) in [7, 11) is 0. The SMILES string of the molecule is Cc1cc(C(O)C(O)CCN=[N+]=[N-])c(N)c([N+](=O)[O-])c1. The Morgan fingerprint density at radius 1 is 1.55 bits per heavy atom. The highest BCUT2D eigenvalue weighted by Crippen LogP contribution is 2.33. The van der Waals surface area contributed by atoms with E-state index >= 15 is 0 Å². The van der Waals surface area contributed by atoms with Gasteiger partial charge in [-0.15, -0.1) is 0 Å². The van der Waals surface area contributed by atoms with Crippen molar-refractivity contribution >= 4 is 11.4 Å². The average molecular weight is 281 g/mol. The molecule has 0 aromatic heterocycles. The number of nitrogens with two attached hydrogens (primary N) is 1. The van der Waals surface area contributed by atoms with Crippen LogP contribution in [0.3, 0.4) is 0 Å². The molecule has 1 aromatic rings. The fraction of sp³-hybridized carbons (Fsp3) is 0.455. The lowest BCUT2D eigenvalue weighted by Crippen LogP contribution is -2.20. The molecule has 0 aliphatic heterocycles. The van der Waals surface area contributed by atoms with Gasteiger partial charge < -0.3 is 15.9 Å². The number of nitro benzene ring substituents is 1. The van der Waals surface area contributed by atoms with Gasteiger partial charge in [0, 0.05) is 23.1 Å². The molecule has 108 valence electrons. The number of rotatable bonds is 6. The molecule has 1 aromatic carbocycles. The Balaban J connectivity index is 3.05. The van der Waals surface area contributed by atoms with Crippen LogP contribution in [0.15, 0.2) is 17.2 Å². The first kappa shape index (κ1) is 15.7. The fourth-order valence-electron chi connectivity index (χ4n) is 1.80. The van der Waals surface area contributed by atoms with Crippen molar-refractivity contribution in [1.29, 1.82) is 0 Å². The molecule has 0 saturated carbocycles. The van der Waals surface area contributed by atoms with Gasteiger partial charge in [0.15, 0.2) is 0 Å². The van der Waals surface area contributed by atoms with E-state index in [0.717, 1.165) is 0 Å². The highest BCUT2D eigenvalue weighted by molar-refractivity contribution is 5.65. The van der Waals surface area contributed by atoms with Gasteiger partial charge in [0.25, 0.3) is 5.69 Å². The number of nitro groups is 1. The molecule has 9 heteroatoms. The van der Waals surface area contributed by atoms with Crippen molar-refractivity contribution in [2.45, 2.75) is 25.6 Å². The number of nitrogens with zero attached hydrogens (tertiary/aromatic N) is 4. The van der Waals surface area contributed by atoms with E-state index in [4.69, 9.17) is 11.3 Å². The predicted octanol–water partition coefficient (Wildman–Crippen LogP) is 1.58. The predicted molar refractivity (Wildman–Crippen MR) is 71.8 cm³/mol. The first-order valence-electron chi connectivity index (χ1n) is 5.80. The zero-order chi connectivity index (χ0) is 15.3. The highest BCUT2D eigenvalue weighted by Gasteiger charge is 2.25. The number of hydrogen-bond donors (Lipinski definition) is 3. The van der Waals surface area contributed by atoms with Crippen LogP contribution in [0.4, 0.5) is 11.4 Å². The van der Waals surface area contributed by atoms with E-state index in [9.17, 15) is 20.3 Å². The summed E-state index contributed by atoms with van der Waals surface area (Å²) in [5, 5.41) is 33.9. The molecule has 0 heterocycles. The Hall–Kier alpha value is -2.35. The summed E-state index contributed by atoms with van der Waals surface area (Å²) in [6, 6.07) is 2.77. The zero-order valence-electron chi connectivity index (χ0n) is 10.8. The van der Waals surface area contributed by atoms with Crippen LogP contribution in [0.2, 0.25) is 0 Å². The molecular weight excluding hydrogens is 266 g/mol. The molecule has 20 heavy (non-hydrogen) atoms. The van der Waals surface area contributed by atoms with E-state index in [1.54, 1.807) is 6.92 Å². The molecule has 0 fully saturated rings. The number of benzene rings is 1. The van der Waals surface area contributed by atoms with Gasteiger partial charge in [-0.2, -0.15) is 0 Å². The number of azide groups is 1. The molecular formula is C11H15N5O4. The van der Waals surface area contributed by atoms with Crippen LogP contribution in [0, 0.1) is 17.0 Å². The molecule has 0 aliphatic carbocycles. The van der Waals surface area contributed by atoms with Crippen molar-refractivity contribution in [3.05, 3.63) is 43.8 Å². The van der Waals surface area contributed by atoms with Crippen LogP contribution >= 0.6 is 0 Å². The lowest BCUT2D eigenvalue weighted by Gasteiger charge is -2.19. The van der Waals surface area contributed by atoms with Crippen molar-refractivity contribution in [3.8, 4) is 0 Å². The summed E-state index contributed by atoms with van der Waals surface area (Å²) in [6.45, 7) is 1.62. The van der Waals surface area contributed by atoms with Crippen LogP contribution in [-0.4, -0.2) is 27.8 Å². The summed E-state index contributed by atoms with van der Waals surface area (Å²) < 4.78 is 0. The highest BCUT2D eigenvalue weighted by atomic mass is 16.6. The average Bonchev–Trinajstić information content (AvgIpc) is 2.40. The molecule has 2 atom stereocenters. The summed E-state index contributed by atoms with van der Waals surface area (Å²) in [5.74, 6) is 0. The van der Waals surface area contributed by atoms with Crippen LogP contribution in [0.1, 0.15) is 23.7 Å². The van der Waals surface area contributed by atoms with Crippen LogP contribution in [0.25, 0.3) is 10.4 Å². The minimum atomic E-state index is -1.39. The lowest BCUT2D eigenvalue weighted by molar-refractivity contribution is -0.384. The summed E-state index contributed by atoms with van der Waals surface area (Å²) >= 11 is 0. The normalized spacial score (nSPS) is 13.3. The smallest absolute Gasteiger partial charge is 0.292 e. The number of nitrogen functional groups attached to an aromatic ring is 1. The number of aliphatic hydroxyl groups excluding tert-OH is 2. The molecule has 4 N–H and O–H groups in total. The molecule has 0 amide bonds. The second-order valence-electron chi connectivity index (χ2n) is 4.30. The van der Waals surface area contributed by atoms with E-state index in [1.165, 1.54) is 12.1 Å². The van der Waals surface area contributed by atoms with Crippen LogP contribution in [0.5, 0.6) is 0 Å². The van der Waals surface area contributed by atoms with E-state index in [-0.39, 0.29) is 29.9 Å².